The van der Waals surface area contributed by atoms with E-state index in [1.807, 2.05) is 18.2 Å². The number of rotatable bonds is 3. The van der Waals surface area contributed by atoms with E-state index in [2.05, 4.69) is 15.2 Å². The normalized spacial score (nSPS) is 17.3. The number of benzene rings is 2. The predicted octanol–water partition coefficient (Wildman–Crippen LogP) is 4.85. The summed E-state index contributed by atoms with van der Waals surface area (Å²) in [6, 6.07) is 12.4. The molecule has 0 saturated carbocycles. The summed E-state index contributed by atoms with van der Waals surface area (Å²) in [7, 11) is 0. The lowest BCUT2D eigenvalue weighted by atomic mass is 10.1. The van der Waals surface area contributed by atoms with E-state index >= 15 is 0 Å². The van der Waals surface area contributed by atoms with Crippen LogP contribution in [0.2, 0.25) is 5.02 Å². The van der Waals surface area contributed by atoms with Crippen molar-refractivity contribution in [2.45, 2.75) is 18.6 Å². The average Bonchev–Trinajstić information content (AvgIpc) is 3.27. The van der Waals surface area contributed by atoms with Gasteiger partial charge in [0.15, 0.2) is 0 Å². The lowest BCUT2D eigenvalue weighted by molar-refractivity contribution is -0.137. The summed E-state index contributed by atoms with van der Waals surface area (Å²) < 4.78 is 38.5. The van der Waals surface area contributed by atoms with E-state index in [9.17, 15) is 18.0 Å². The van der Waals surface area contributed by atoms with Crippen LogP contribution in [-0.2, 0) is 6.18 Å². The van der Waals surface area contributed by atoms with Crippen molar-refractivity contribution in [2.24, 2.45) is 0 Å². The Bertz CT molecular complexity index is 1030. The summed E-state index contributed by atoms with van der Waals surface area (Å²) in [6.45, 7) is 1.43. The van der Waals surface area contributed by atoms with Crippen molar-refractivity contribution in [1.82, 2.24) is 10.3 Å². The quantitative estimate of drug-likeness (QED) is 0.652. The molecule has 1 amide bonds. The van der Waals surface area contributed by atoms with Gasteiger partial charge >= 0.3 is 6.18 Å². The molecule has 1 unspecified atom stereocenters. The molecule has 0 radical (unpaired) electrons. The third-order valence-corrected chi connectivity index (χ3v) is 5.13. The molecule has 0 bridgehead atoms. The minimum atomic E-state index is -4.42. The second kappa shape index (κ2) is 7.05. The zero-order chi connectivity index (χ0) is 19.9. The van der Waals surface area contributed by atoms with Crippen molar-refractivity contribution in [3.8, 4) is 0 Å². The van der Waals surface area contributed by atoms with Crippen molar-refractivity contribution >= 4 is 34.1 Å². The first-order valence-corrected chi connectivity index (χ1v) is 9.19. The van der Waals surface area contributed by atoms with Crippen LogP contribution in [0.5, 0.6) is 0 Å². The number of H-pyrrole nitrogens is 1. The zero-order valence-corrected chi connectivity index (χ0v) is 15.4. The Kier molecular flexibility index (Phi) is 4.71. The molecular weight excluding hydrogens is 391 g/mol. The van der Waals surface area contributed by atoms with Crippen molar-refractivity contribution < 1.29 is 18.0 Å². The molecule has 3 aromatic rings. The number of nitrogens with zero attached hydrogens (tertiary/aromatic N) is 1. The summed E-state index contributed by atoms with van der Waals surface area (Å²) in [5.74, 6) is -0.331. The Hall–Kier alpha value is -2.67. The number of fused-ring (bicyclic) bond motifs is 1. The second-order valence-electron chi connectivity index (χ2n) is 6.87. The summed E-state index contributed by atoms with van der Waals surface area (Å²) in [5, 5.41) is 4.16. The van der Waals surface area contributed by atoms with Gasteiger partial charge in [0, 0.05) is 40.7 Å². The van der Waals surface area contributed by atoms with Gasteiger partial charge in [0.25, 0.3) is 5.91 Å². The van der Waals surface area contributed by atoms with Gasteiger partial charge in [0.05, 0.1) is 5.56 Å². The number of halogens is 4. The van der Waals surface area contributed by atoms with E-state index in [4.69, 9.17) is 11.6 Å². The van der Waals surface area contributed by atoms with Gasteiger partial charge in [-0.05, 0) is 42.8 Å². The Balaban J connectivity index is 1.45. The molecule has 8 heteroatoms. The molecule has 28 heavy (non-hydrogen) atoms. The number of nitrogens with one attached hydrogen (secondary N) is 2. The molecule has 4 rings (SSSR count). The van der Waals surface area contributed by atoms with Crippen LogP contribution in [0.25, 0.3) is 10.9 Å². The van der Waals surface area contributed by atoms with Crippen LogP contribution in [-0.4, -0.2) is 30.0 Å². The molecule has 2 heterocycles. The number of aromatic amines is 1. The van der Waals surface area contributed by atoms with Crippen LogP contribution >= 0.6 is 11.6 Å². The third kappa shape index (κ3) is 3.80. The number of alkyl halides is 3. The van der Waals surface area contributed by atoms with Gasteiger partial charge in [0.2, 0.25) is 0 Å². The fourth-order valence-corrected chi connectivity index (χ4v) is 3.66. The standard InChI is InChI=1S/C20H17ClF3N3O/c21-14-2-1-3-16(10-14)27-7-6-15(11-27)25-19(28)18-8-12-4-5-13(20(22,23)24)9-17(12)26-18/h1-5,8-10,15,26H,6-7,11H2,(H,25,28). The maximum atomic E-state index is 12.8. The van der Waals surface area contributed by atoms with Crippen molar-refractivity contribution in [2.75, 3.05) is 18.0 Å². The minimum Gasteiger partial charge on any atom is -0.369 e. The summed E-state index contributed by atoms with van der Waals surface area (Å²) >= 11 is 6.03. The van der Waals surface area contributed by atoms with Crippen LogP contribution in [0.3, 0.4) is 0 Å². The number of anilines is 1. The Labute approximate surface area is 164 Å². The first kappa shape index (κ1) is 18.7. The van der Waals surface area contributed by atoms with Crippen molar-refractivity contribution in [1.29, 1.82) is 0 Å². The predicted molar refractivity (Wildman–Crippen MR) is 103 cm³/mol. The number of amides is 1. The molecule has 1 aromatic heterocycles. The van der Waals surface area contributed by atoms with Crippen LogP contribution in [0.4, 0.5) is 18.9 Å². The van der Waals surface area contributed by atoms with Crippen LogP contribution in [0.1, 0.15) is 22.5 Å². The third-order valence-electron chi connectivity index (χ3n) is 4.89. The van der Waals surface area contributed by atoms with E-state index in [-0.39, 0.29) is 23.2 Å². The van der Waals surface area contributed by atoms with Gasteiger partial charge in [-0.25, -0.2) is 0 Å². The van der Waals surface area contributed by atoms with Crippen LogP contribution in [0, 0.1) is 0 Å². The van der Waals surface area contributed by atoms with E-state index in [1.165, 1.54) is 6.07 Å². The smallest absolute Gasteiger partial charge is 0.369 e. The highest BCUT2D eigenvalue weighted by atomic mass is 35.5. The Morgan fingerprint density at radius 1 is 1.18 bits per heavy atom. The first-order valence-electron chi connectivity index (χ1n) is 8.81. The molecular formula is C20H17ClF3N3O. The molecule has 146 valence electrons. The number of carbonyl (C=O) groups excluding carboxylic acids is 1. The number of aromatic nitrogens is 1. The van der Waals surface area contributed by atoms with E-state index < -0.39 is 11.7 Å². The van der Waals surface area contributed by atoms with E-state index in [0.29, 0.717) is 17.0 Å². The topological polar surface area (TPSA) is 48.1 Å². The highest BCUT2D eigenvalue weighted by molar-refractivity contribution is 6.30. The molecule has 0 spiro atoms. The van der Waals surface area contributed by atoms with Crippen LogP contribution in [0.15, 0.2) is 48.5 Å². The molecule has 2 aromatic carbocycles. The number of hydrogen-bond acceptors (Lipinski definition) is 2. The summed E-state index contributed by atoms with van der Waals surface area (Å²) in [4.78, 5) is 17.5. The number of hydrogen-bond donors (Lipinski definition) is 2. The highest BCUT2D eigenvalue weighted by Crippen LogP contribution is 2.31. The van der Waals surface area contributed by atoms with Gasteiger partial charge in [-0.1, -0.05) is 23.7 Å². The highest BCUT2D eigenvalue weighted by Gasteiger charge is 2.31. The molecule has 1 atom stereocenters. The molecule has 0 aliphatic carbocycles. The zero-order valence-electron chi connectivity index (χ0n) is 14.7. The molecule has 4 nitrogen and oxygen atoms in total. The molecule has 1 saturated heterocycles. The van der Waals surface area contributed by atoms with Gasteiger partial charge in [-0.2, -0.15) is 13.2 Å². The fraction of sp³-hybridized carbons (Fsp3) is 0.250. The first-order chi connectivity index (χ1) is 13.3. The van der Waals surface area contributed by atoms with Crippen molar-refractivity contribution in [3.05, 3.63) is 64.8 Å². The minimum absolute atomic E-state index is 0.0522. The number of carbonyl (C=O) groups is 1. The van der Waals surface area contributed by atoms with Crippen LogP contribution < -0.4 is 10.2 Å². The lowest BCUT2D eigenvalue weighted by Gasteiger charge is -2.19. The largest absolute Gasteiger partial charge is 0.416 e. The van der Waals surface area contributed by atoms with E-state index in [0.717, 1.165) is 30.8 Å². The summed E-state index contributed by atoms with van der Waals surface area (Å²) in [5.41, 5.74) is 0.777. The van der Waals surface area contributed by atoms with Gasteiger partial charge < -0.3 is 15.2 Å². The molecule has 1 fully saturated rings. The van der Waals surface area contributed by atoms with E-state index in [1.54, 1.807) is 12.1 Å². The Morgan fingerprint density at radius 3 is 2.75 bits per heavy atom. The molecule has 1 aliphatic rings. The molecule has 2 N–H and O–H groups in total. The maximum Gasteiger partial charge on any atom is 0.416 e. The summed E-state index contributed by atoms with van der Waals surface area (Å²) in [6.07, 6.45) is -3.65. The van der Waals surface area contributed by atoms with Gasteiger partial charge in [-0.3, -0.25) is 4.79 Å². The average molecular weight is 408 g/mol. The fourth-order valence-electron chi connectivity index (χ4n) is 3.47. The van der Waals surface area contributed by atoms with Crippen molar-refractivity contribution in [3.63, 3.8) is 0 Å². The Morgan fingerprint density at radius 2 is 2.00 bits per heavy atom. The lowest BCUT2D eigenvalue weighted by Crippen LogP contribution is -2.37. The second-order valence-corrected chi connectivity index (χ2v) is 7.30. The monoisotopic (exact) mass is 407 g/mol. The van der Waals surface area contributed by atoms with Gasteiger partial charge in [-0.15, -0.1) is 0 Å². The van der Waals surface area contributed by atoms with Gasteiger partial charge in [0.1, 0.15) is 5.69 Å². The maximum absolute atomic E-state index is 12.8. The molecule has 1 aliphatic heterocycles. The SMILES string of the molecule is O=C(NC1CCN(c2cccc(Cl)c2)C1)c1cc2ccc(C(F)(F)F)cc2[nH]1.